The number of hydrogen-bond donors (Lipinski definition) is 0. The van der Waals surface area contributed by atoms with Crippen molar-refractivity contribution in [3.05, 3.63) is 237 Å². The molecule has 8 aromatic carbocycles. The summed E-state index contributed by atoms with van der Waals surface area (Å²) in [6.07, 6.45) is 5.06. The number of hydrogen-bond acceptors (Lipinski definition) is 3. The predicted octanol–water partition coefficient (Wildman–Crippen LogP) is 14.5. The molecule has 5 heteroatoms. The molecule has 0 N–H and O–H groups in total. The Morgan fingerprint density at radius 2 is 1.05 bits per heavy atom. The molecule has 0 amide bonds. The summed E-state index contributed by atoms with van der Waals surface area (Å²) in [6, 6.07) is 78.4. The van der Waals surface area contributed by atoms with E-state index in [2.05, 4.69) is 180 Å². The molecule has 0 spiro atoms. The minimum absolute atomic E-state index is 0. The first-order valence-electron chi connectivity index (χ1n) is 20.0. The number of nitrogens with zero attached hydrogens (tertiary/aromatic N) is 3. The van der Waals surface area contributed by atoms with Gasteiger partial charge in [-0.2, -0.15) is 0 Å². The Bertz CT molecular complexity index is 3070. The molecule has 0 aliphatic heterocycles. The number of fused-ring (bicyclic) bond motifs is 2. The Morgan fingerprint density at radius 1 is 0.475 bits per heavy atom. The zero-order valence-corrected chi connectivity index (χ0v) is 35.3. The predicted molar refractivity (Wildman–Crippen MR) is 245 cm³/mol. The largest absolute Gasteiger partial charge is 0.557 e. The maximum Gasteiger partial charge on any atom is 0.0774 e. The van der Waals surface area contributed by atoms with E-state index in [1.165, 1.54) is 11.1 Å². The van der Waals surface area contributed by atoms with Gasteiger partial charge in [-0.05, 0) is 57.3 Å². The molecule has 293 valence electrons. The summed E-state index contributed by atoms with van der Waals surface area (Å²) in [6.45, 7) is 0. The Kier molecular flexibility index (Phi) is 11.4. The van der Waals surface area contributed by atoms with Gasteiger partial charge in [0.25, 0.3) is 0 Å². The summed E-state index contributed by atoms with van der Waals surface area (Å²) >= 11 is 0. The van der Waals surface area contributed by atoms with Gasteiger partial charge in [0.1, 0.15) is 0 Å². The van der Waals surface area contributed by atoms with Crippen LogP contribution < -0.4 is 0 Å². The number of furan rings is 1. The summed E-state index contributed by atoms with van der Waals surface area (Å²) in [4.78, 5) is 9.49. The van der Waals surface area contributed by atoms with E-state index in [0.717, 1.165) is 83.7 Å². The molecule has 0 aliphatic rings. The molecule has 1 radical (unpaired) electrons. The van der Waals surface area contributed by atoms with Gasteiger partial charge in [0.2, 0.25) is 0 Å². The first-order valence-corrected chi connectivity index (χ1v) is 20.0. The molecule has 0 unspecified atom stereocenters. The Balaban J connectivity index is 0.000000316. The van der Waals surface area contributed by atoms with Crippen molar-refractivity contribution in [3.63, 3.8) is 0 Å². The molecule has 0 atom stereocenters. The van der Waals surface area contributed by atoms with E-state index < -0.39 is 0 Å². The van der Waals surface area contributed by atoms with Crippen LogP contribution in [-0.2, 0) is 20.1 Å². The summed E-state index contributed by atoms with van der Waals surface area (Å²) in [7, 11) is 0. The summed E-state index contributed by atoms with van der Waals surface area (Å²) < 4.78 is 8.40. The fraction of sp³-hybridized carbons (Fsp3) is 0. The van der Waals surface area contributed by atoms with Gasteiger partial charge in [0.05, 0.1) is 22.5 Å². The van der Waals surface area contributed by atoms with E-state index in [-0.39, 0.29) is 20.1 Å². The first-order chi connectivity index (χ1) is 29.8. The van der Waals surface area contributed by atoms with E-state index in [1.54, 1.807) is 6.20 Å². The Labute approximate surface area is 368 Å². The second-order valence-electron chi connectivity index (χ2n) is 14.4. The minimum Gasteiger partial charge on any atom is -0.557 e. The maximum atomic E-state index is 6.11. The summed E-state index contributed by atoms with van der Waals surface area (Å²) in [5, 5.41) is 0.967. The van der Waals surface area contributed by atoms with E-state index in [1.807, 2.05) is 60.7 Å². The molecule has 4 nitrogen and oxygen atoms in total. The molecule has 0 saturated heterocycles. The first kappa shape index (κ1) is 39.1. The van der Waals surface area contributed by atoms with Gasteiger partial charge >= 0.3 is 0 Å². The third-order valence-electron chi connectivity index (χ3n) is 10.7. The van der Waals surface area contributed by atoms with Crippen LogP contribution in [0.5, 0.6) is 0 Å². The van der Waals surface area contributed by atoms with Crippen LogP contribution in [0.25, 0.3) is 94.8 Å². The van der Waals surface area contributed by atoms with Crippen molar-refractivity contribution >= 4 is 22.0 Å². The molecule has 3 heterocycles. The van der Waals surface area contributed by atoms with Gasteiger partial charge in [-0.1, -0.05) is 187 Å². The maximum absolute atomic E-state index is 6.11. The number of pyridine rings is 1. The van der Waals surface area contributed by atoms with Crippen LogP contribution in [0.4, 0.5) is 0 Å². The second kappa shape index (κ2) is 17.8. The van der Waals surface area contributed by atoms with E-state index in [0.29, 0.717) is 0 Å². The monoisotopic (exact) mass is 960 g/mol. The summed E-state index contributed by atoms with van der Waals surface area (Å²) in [5.41, 5.74) is 15.7. The van der Waals surface area contributed by atoms with Crippen molar-refractivity contribution in [2.24, 2.45) is 0 Å². The van der Waals surface area contributed by atoms with Crippen molar-refractivity contribution in [1.29, 1.82) is 0 Å². The molecule has 0 aliphatic carbocycles. The topological polar surface area (TPSA) is 43.9 Å². The fourth-order valence-electron chi connectivity index (χ4n) is 7.79. The van der Waals surface area contributed by atoms with Crippen molar-refractivity contribution < 1.29 is 24.5 Å². The van der Waals surface area contributed by atoms with Gasteiger partial charge < -0.3 is 14.0 Å². The van der Waals surface area contributed by atoms with Crippen LogP contribution in [0.1, 0.15) is 0 Å². The molecule has 0 bridgehead atoms. The second-order valence-corrected chi connectivity index (χ2v) is 14.4. The number of benzene rings is 8. The van der Waals surface area contributed by atoms with E-state index in [4.69, 9.17) is 9.40 Å². The molecule has 11 rings (SSSR count). The normalized spacial score (nSPS) is 10.8. The van der Waals surface area contributed by atoms with Gasteiger partial charge in [0, 0.05) is 49.3 Å². The van der Waals surface area contributed by atoms with Crippen molar-refractivity contribution in [2.45, 2.75) is 0 Å². The average molecular weight is 960 g/mol. The zero-order valence-electron chi connectivity index (χ0n) is 32.9. The quantitative estimate of drug-likeness (QED) is 0.150. The van der Waals surface area contributed by atoms with Crippen LogP contribution in [0.3, 0.4) is 0 Å². The third-order valence-corrected chi connectivity index (χ3v) is 10.7. The van der Waals surface area contributed by atoms with Gasteiger partial charge in [-0.3, -0.25) is 4.98 Å². The van der Waals surface area contributed by atoms with Crippen molar-refractivity contribution in [1.82, 2.24) is 14.5 Å². The van der Waals surface area contributed by atoms with Gasteiger partial charge in [-0.15, -0.1) is 35.9 Å². The number of para-hydroxylation sites is 3. The van der Waals surface area contributed by atoms with Crippen LogP contribution in [0, 0.1) is 12.3 Å². The molecule has 61 heavy (non-hydrogen) atoms. The average Bonchev–Trinajstić information content (AvgIpc) is 3.94. The molecular weight excluding hydrogens is 923 g/mol. The van der Waals surface area contributed by atoms with Gasteiger partial charge in [0.15, 0.2) is 0 Å². The zero-order chi connectivity index (χ0) is 40.1. The Morgan fingerprint density at radius 3 is 1.69 bits per heavy atom. The molecule has 11 aromatic rings. The SMILES string of the molecule is [Ir].[c-]1ccccc1-c1ccccn1.[c-]1oc2ccc(-c3ccc(-c4ccccc4)cc3)cc2c1-c1nc2ccccc2n1-c1c(-c2ccccc2)cccc1-c1ccccc1. The standard InChI is InChI=1S/C45H29N2O.C11H8N.Ir/c1-4-13-31(14-5-1)32-23-25-33(26-24-32)36-27-28-43-39(29-36)40(30-48-43)45-46-41-21-10-11-22-42(41)47(45)44-37(34-15-6-2-7-16-34)19-12-20-38(44)35-17-8-3-9-18-35;1-2-6-10(7-3-1)11-8-4-5-9-12-11;/h1-29H;1-6,8-9H;/q2*-1;. The van der Waals surface area contributed by atoms with Crippen LogP contribution in [-0.4, -0.2) is 14.5 Å². The smallest absolute Gasteiger partial charge is 0.0774 e. The van der Waals surface area contributed by atoms with E-state index >= 15 is 0 Å². The molecule has 3 aromatic heterocycles. The van der Waals surface area contributed by atoms with Crippen LogP contribution >= 0.6 is 0 Å². The third kappa shape index (κ3) is 8.01. The van der Waals surface area contributed by atoms with Crippen molar-refractivity contribution in [3.8, 4) is 72.8 Å². The Hall–Kier alpha value is -7.43. The minimum atomic E-state index is 0. The molecular formula is C56H37IrN3O-2. The number of rotatable bonds is 7. The van der Waals surface area contributed by atoms with Crippen LogP contribution in [0.2, 0.25) is 0 Å². The number of aromatic nitrogens is 3. The van der Waals surface area contributed by atoms with Crippen molar-refractivity contribution in [2.75, 3.05) is 0 Å². The van der Waals surface area contributed by atoms with E-state index in [9.17, 15) is 0 Å². The van der Waals surface area contributed by atoms with Crippen LogP contribution in [0.15, 0.2) is 229 Å². The fourth-order valence-corrected chi connectivity index (χ4v) is 7.79. The van der Waals surface area contributed by atoms with Gasteiger partial charge in [-0.25, -0.2) is 0 Å². The summed E-state index contributed by atoms with van der Waals surface area (Å²) in [5.74, 6) is 0.784. The molecule has 0 fully saturated rings. The molecule has 0 saturated carbocycles. The number of imidazole rings is 1.